The minimum Gasteiger partial charge on any atom is -0.486 e. The van der Waals surface area contributed by atoms with Crippen molar-refractivity contribution in [2.45, 2.75) is 51.0 Å². The molecular formula is C27H33N5O5. The minimum atomic E-state index is -0.689. The van der Waals surface area contributed by atoms with Gasteiger partial charge in [-0.2, -0.15) is 4.98 Å². The lowest BCUT2D eigenvalue weighted by molar-refractivity contribution is 0.0841. The molecule has 3 aromatic rings. The van der Waals surface area contributed by atoms with E-state index in [0.717, 1.165) is 38.1 Å². The molecule has 2 aliphatic rings. The Morgan fingerprint density at radius 3 is 2.92 bits per heavy atom. The summed E-state index contributed by atoms with van der Waals surface area (Å²) in [6.45, 7) is 2.53. The summed E-state index contributed by atoms with van der Waals surface area (Å²) < 4.78 is 16.3. The molecule has 3 heterocycles. The summed E-state index contributed by atoms with van der Waals surface area (Å²) in [5.41, 5.74) is 2.91. The van der Waals surface area contributed by atoms with Crippen molar-refractivity contribution >= 4 is 11.7 Å². The Bertz CT molecular complexity index is 1200. The van der Waals surface area contributed by atoms with Crippen LogP contribution in [0.3, 0.4) is 0 Å². The van der Waals surface area contributed by atoms with Crippen molar-refractivity contribution < 1.29 is 23.8 Å². The highest BCUT2D eigenvalue weighted by molar-refractivity contribution is 5.95. The van der Waals surface area contributed by atoms with Crippen molar-refractivity contribution in [3.05, 3.63) is 65.4 Å². The first-order valence-corrected chi connectivity index (χ1v) is 12.7. The molecule has 0 spiro atoms. The fourth-order valence-corrected chi connectivity index (χ4v) is 4.55. The van der Waals surface area contributed by atoms with Gasteiger partial charge in [0.05, 0.1) is 19.4 Å². The number of ether oxygens (including phenoxy) is 2. The van der Waals surface area contributed by atoms with E-state index in [0.29, 0.717) is 42.2 Å². The highest BCUT2D eigenvalue weighted by Gasteiger charge is 2.21. The van der Waals surface area contributed by atoms with E-state index in [4.69, 9.17) is 13.9 Å². The summed E-state index contributed by atoms with van der Waals surface area (Å²) >= 11 is 0. The number of carbonyl (C=O) groups is 1. The van der Waals surface area contributed by atoms with Gasteiger partial charge in [0.25, 0.3) is 5.91 Å². The molecule has 10 nitrogen and oxygen atoms in total. The quantitative estimate of drug-likeness (QED) is 0.360. The molecule has 1 aromatic carbocycles. The first-order valence-electron chi connectivity index (χ1n) is 12.7. The number of aromatic nitrogens is 2. The molecule has 1 atom stereocenters. The predicted molar refractivity (Wildman–Crippen MR) is 137 cm³/mol. The molecule has 1 saturated carbocycles. The molecule has 37 heavy (non-hydrogen) atoms. The maximum Gasteiger partial charge on any atom is 0.251 e. The van der Waals surface area contributed by atoms with Crippen LogP contribution in [0.2, 0.25) is 0 Å². The summed E-state index contributed by atoms with van der Waals surface area (Å²) in [7, 11) is 1.53. The lowest BCUT2D eigenvalue weighted by Crippen LogP contribution is -2.42. The van der Waals surface area contributed by atoms with Crippen molar-refractivity contribution in [2.75, 3.05) is 32.1 Å². The smallest absolute Gasteiger partial charge is 0.251 e. The monoisotopic (exact) mass is 507 g/mol. The first-order chi connectivity index (χ1) is 18.1. The maximum absolute atomic E-state index is 12.8. The number of pyridine rings is 1. The number of fused-ring (bicyclic) bond motifs is 1. The van der Waals surface area contributed by atoms with Gasteiger partial charge < -0.3 is 29.6 Å². The number of hydrogen-bond acceptors (Lipinski definition) is 9. The van der Waals surface area contributed by atoms with E-state index < -0.39 is 6.10 Å². The summed E-state index contributed by atoms with van der Waals surface area (Å²) in [5.74, 6) is 2.23. The molecule has 1 aliphatic heterocycles. The van der Waals surface area contributed by atoms with Gasteiger partial charge in [-0.05, 0) is 55.0 Å². The van der Waals surface area contributed by atoms with E-state index in [1.807, 2.05) is 6.07 Å². The third kappa shape index (κ3) is 6.58. The van der Waals surface area contributed by atoms with Crippen molar-refractivity contribution in [3.63, 3.8) is 0 Å². The Kier molecular flexibility index (Phi) is 7.86. The number of hydrogen-bond donors (Lipinski definition) is 3. The van der Waals surface area contributed by atoms with Gasteiger partial charge >= 0.3 is 0 Å². The second-order valence-electron chi connectivity index (χ2n) is 9.59. The van der Waals surface area contributed by atoms with Gasteiger partial charge in [0.15, 0.2) is 12.2 Å². The lowest BCUT2D eigenvalue weighted by Gasteiger charge is -2.30. The van der Waals surface area contributed by atoms with Crippen molar-refractivity contribution in [1.29, 1.82) is 0 Å². The van der Waals surface area contributed by atoms with Gasteiger partial charge in [0.1, 0.15) is 18.2 Å². The predicted octanol–water partition coefficient (Wildman–Crippen LogP) is 2.77. The summed E-state index contributed by atoms with van der Waals surface area (Å²) in [5, 5.41) is 16.8. The fourth-order valence-electron chi connectivity index (χ4n) is 4.55. The molecule has 0 radical (unpaired) electrons. The van der Waals surface area contributed by atoms with Gasteiger partial charge in [0.2, 0.25) is 5.88 Å². The third-order valence-corrected chi connectivity index (χ3v) is 6.83. The number of oxazole rings is 1. The van der Waals surface area contributed by atoms with Crippen molar-refractivity contribution in [2.24, 2.45) is 0 Å². The number of carbonyl (C=O) groups excluding carboxylic acids is 1. The normalized spacial score (nSPS) is 16.4. The van der Waals surface area contributed by atoms with E-state index >= 15 is 0 Å². The van der Waals surface area contributed by atoms with E-state index in [9.17, 15) is 9.90 Å². The molecule has 0 unspecified atom stereocenters. The zero-order valence-corrected chi connectivity index (χ0v) is 21.0. The highest BCUT2D eigenvalue weighted by Crippen LogP contribution is 2.26. The second kappa shape index (κ2) is 11.6. The van der Waals surface area contributed by atoms with Gasteiger partial charge in [0, 0.05) is 43.9 Å². The zero-order chi connectivity index (χ0) is 25.6. The van der Waals surface area contributed by atoms with Crippen LogP contribution in [-0.2, 0) is 19.6 Å². The number of anilines is 1. The van der Waals surface area contributed by atoms with Gasteiger partial charge in [-0.15, -0.1) is 0 Å². The van der Waals surface area contributed by atoms with Crippen molar-refractivity contribution in [3.8, 4) is 11.6 Å². The van der Waals surface area contributed by atoms with Gasteiger partial charge in [-0.1, -0.05) is 6.07 Å². The molecule has 1 amide bonds. The van der Waals surface area contributed by atoms with Crippen LogP contribution < -0.4 is 20.1 Å². The Hall–Kier alpha value is -3.63. The molecule has 196 valence electrons. The highest BCUT2D eigenvalue weighted by atomic mass is 16.5. The Labute approximate surface area is 216 Å². The number of amides is 1. The van der Waals surface area contributed by atoms with Crippen LogP contribution >= 0.6 is 0 Å². The van der Waals surface area contributed by atoms with Crippen LogP contribution in [0.15, 0.2) is 47.3 Å². The van der Waals surface area contributed by atoms with Crippen LogP contribution in [0.25, 0.3) is 0 Å². The van der Waals surface area contributed by atoms with Crippen molar-refractivity contribution in [1.82, 2.24) is 20.2 Å². The Morgan fingerprint density at radius 2 is 2.16 bits per heavy atom. The molecule has 0 bridgehead atoms. The Balaban J connectivity index is 1.10. The molecule has 1 aliphatic carbocycles. The number of methoxy groups -OCH3 is 1. The van der Waals surface area contributed by atoms with E-state index in [1.54, 1.807) is 18.3 Å². The molecule has 10 heteroatoms. The van der Waals surface area contributed by atoms with E-state index in [2.05, 4.69) is 37.6 Å². The number of aliphatic hydroxyl groups excluding tert-OH is 1. The van der Waals surface area contributed by atoms with Crippen LogP contribution in [0, 0.1) is 0 Å². The zero-order valence-electron chi connectivity index (χ0n) is 21.0. The third-order valence-electron chi connectivity index (χ3n) is 6.83. The maximum atomic E-state index is 12.8. The molecule has 0 saturated heterocycles. The summed E-state index contributed by atoms with van der Waals surface area (Å²) in [6.07, 6.45) is 6.62. The summed E-state index contributed by atoms with van der Waals surface area (Å²) in [4.78, 5) is 23.3. The summed E-state index contributed by atoms with van der Waals surface area (Å²) in [6, 6.07) is 9.82. The van der Waals surface area contributed by atoms with E-state index in [-0.39, 0.29) is 12.5 Å². The number of benzene rings is 1. The standard InChI is InChI=1S/C27H33N5O5/c1-35-26-11-20(10-25(31-26)30-21-3-2-4-21)27(34)29-12-22(33)15-32-8-7-18-9-23(6-5-19(18)14-32)36-16-24-13-28-17-37-24/h5-6,9-11,13,17,21-22,33H,2-4,7-8,12,14-16H2,1H3,(H,29,34)(H,30,31)/t22-/m0/s1. The van der Waals surface area contributed by atoms with Crippen LogP contribution in [0.5, 0.6) is 11.6 Å². The van der Waals surface area contributed by atoms with Gasteiger partial charge in [-0.25, -0.2) is 4.98 Å². The fraction of sp³-hybridized carbons (Fsp3) is 0.444. The van der Waals surface area contributed by atoms with Crippen LogP contribution in [-0.4, -0.2) is 64.8 Å². The SMILES string of the molecule is COc1cc(C(=O)NC[C@H](O)CN2CCc3cc(OCc4cnco4)ccc3C2)cc(NC2CCC2)n1. The first kappa shape index (κ1) is 25.0. The molecule has 5 rings (SSSR count). The molecule has 2 aromatic heterocycles. The number of rotatable bonds is 11. The average Bonchev–Trinajstić information content (AvgIpc) is 3.41. The number of aliphatic hydroxyl groups is 1. The second-order valence-corrected chi connectivity index (χ2v) is 9.59. The number of nitrogens with one attached hydrogen (secondary N) is 2. The molecular weight excluding hydrogens is 474 g/mol. The topological polar surface area (TPSA) is 122 Å². The molecule has 3 N–H and O–H groups in total. The number of nitrogens with zero attached hydrogens (tertiary/aromatic N) is 3. The molecule has 1 fully saturated rings. The number of β-amino-alcohol motifs (C(OH)–C–C–N with tert-alkyl or cyclic N) is 1. The lowest BCUT2D eigenvalue weighted by atomic mass is 9.93. The minimum absolute atomic E-state index is 0.159. The average molecular weight is 508 g/mol. The largest absolute Gasteiger partial charge is 0.486 e. The van der Waals surface area contributed by atoms with Gasteiger partial charge in [-0.3, -0.25) is 9.69 Å². The van der Waals surface area contributed by atoms with Crippen LogP contribution in [0.4, 0.5) is 5.82 Å². The Morgan fingerprint density at radius 1 is 1.27 bits per heavy atom. The van der Waals surface area contributed by atoms with E-state index in [1.165, 1.54) is 31.1 Å². The van der Waals surface area contributed by atoms with Crippen LogP contribution in [0.1, 0.15) is 46.5 Å².